The van der Waals surface area contributed by atoms with Crippen molar-refractivity contribution >= 4 is 17.5 Å². The van der Waals surface area contributed by atoms with Crippen molar-refractivity contribution in [3.63, 3.8) is 0 Å². The molecular weight excluding hydrogens is 267 g/mol. The minimum Gasteiger partial charge on any atom is -0.338 e. The van der Waals surface area contributed by atoms with Crippen LogP contribution in [0.4, 0.5) is 4.39 Å². The minimum atomic E-state index is -0.567. The zero-order valence-electron chi connectivity index (χ0n) is 10.6. The number of piperidine rings is 1. The number of likely N-dealkylation sites (tertiary alicyclic amines) is 1. The standard InChI is InChI=1S/C14H14ClFN2O/c1-14(9-17)4-6-18(7-5-14)13(19)11-8-10(15)2-3-12(11)16/h2-3,8H,4-7H2,1H3. The summed E-state index contributed by atoms with van der Waals surface area (Å²) in [7, 11) is 0. The summed E-state index contributed by atoms with van der Waals surface area (Å²) in [4.78, 5) is 13.8. The number of halogens is 2. The maximum atomic E-state index is 13.6. The van der Waals surface area contributed by atoms with Gasteiger partial charge in [-0.2, -0.15) is 5.26 Å². The Bertz CT molecular complexity index is 545. The van der Waals surface area contributed by atoms with E-state index in [1.807, 2.05) is 6.92 Å². The van der Waals surface area contributed by atoms with Crippen LogP contribution in [0.1, 0.15) is 30.1 Å². The van der Waals surface area contributed by atoms with E-state index in [0.717, 1.165) is 0 Å². The van der Waals surface area contributed by atoms with E-state index in [0.29, 0.717) is 31.0 Å². The molecule has 0 atom stereocenters. The monoisotopic (exact) mass is 280 g/mol. The van der Waals surface area contributed by atoms with E-state index in [4.69, 9.17) is 16.9 Å². The molecule has 3 nitrogen and oxygen atoms in total. The molecule has 1 aromatic carbocycles. The van der Waals surface area contributed by atoms with Crippen molar-refractivity contribution in [1.82, 2.24) is 4.90 Å². The number of nitrogens with zero attached hydrogens (tertiary/aromatic N) is 2. The predicted octanol–water partition coefficient (Wildman–Crippen LogP) is 3.24. The molecular formula is C14H14ClFN2O. The van der Waals surface area contributed by atoms with Gasteiger partial charge in [-0.1, -0.05) is 11.6 Å². The quantitative estimate of drug-likeness (QED) is 0.793. The second kappa shape index (κ2) is 5.18. The number of hydrogen-bond donors (Lipinski definition) is 0. The van der Waals surface area contributed by atoms with Crippen LogP contribution >= 0.6 is 11.6 Å². The minimum absolute atomic E-state index is 0.00643. The maximum absolute atomic E-state index is 13.6. The topological polar surface area (TPSA) is 44.1 Å². The molecule has 1 aliphatic heterocycles. The lowest BCUT2D eigenvalue weighted by Crippen LogP contribution is -2.41. The van der Waals surface area contributed by atoms with Gasteiger partial charge in [0.15, 0.2) is 0 Å². The Kier molecular flexibility index (Phi) is 3.77. The molecule has 1 amide bonds. The van der Waals surface area contributed by atoms with E-state index >= 15 is 0 Å². The molecule has 5 heteroatoms. The number of rotatable bonds is 1. The first-order valence-electron chi connectivity index (χ1n) is 6.11. The van der Waals surface area contributed by atoms with Gasteiger partial charge < -0.3 is 4.90 Å². The lowest BCUT2D eigenvalue weighted by atomic mass is 9.82. The van der Waals surface area contributed by atoms with Gasteiger partial charge in [-0.25, -0.2) is 4.39 Å². The van der Waals surface area contributed by atoms with Gasteiger partial charge in [0.05, 0.1) is 17.0 Å². The van der Waals surface area contributed by atoms with Gasteiger partial charge in [-0.05, 0) is 38.0 Å². The van der Waals surface area contributed by atoms with Crippen LogP contribution in [0.2, 0.25) is 5.02 Å². The average Bonchev–Trinajstić information content (AvgIpc) is 2.42. The molecule has 1 fully saturated rings. The van der Waals surface area contributed by atoms with Crippen molar-refractivity contribution in [2.75, 3.05) is 13.1 Å². The zero-order chi connectivity index (χ0) is 14.0. The predicted molar refractivity (Wildman–Crippen MR) is 70.3 cm³/mol. The Balaban J connectivity index is 2.14. The fourth-order valence-corrected chi connectivity index (χ4v) is 2.32. The molecule has 0 unspecified atom stereocenters. The summed E-state index contributed by atoms with van der Waals surface area (Å²) >= 11 is 5.79. The summed E-state index contributed by atoms with van der Waals surface area (Å²) in [5.41, 5.74) is -0.392. The lowest BCUT2D eigenvalue weighted by Gasteiger charge is -2.35. The van der Waals surface area contributed by atoms with E-state index in [-0.39, 0.29) is 16.9 Å². The Morgan fingerprint density at radius 2 is 2.11 bits per heavy atom. The van der Waals surface area contributed by atoms with Crippen LogP contribution in [0.15, 0.2) is 18.2 Å². The maximum Gasteiger partial charge on any atom is 0.256 e. The van der Waals surface area contributed by atoms with Gasteiger partial charge in [0.25, 0.3) is 5.91 Å². The molecule has 0 radical (unpaired) electrons. The van der Waals surface area contributed by atoms with Crippen LogP contribution in [0, 0.1) is 22.6 Å². The zero-order valence-corrected chi connectivity index (χ0v) is 11.4. The Morgan fingerprint density at radius 1 is 1.47 bits per heavy atom. The van der Waals surface area contributed by atoms with Crippen LogP contribution in [0.5, 0.6) is 0 Å². The number of carbonyl (C=O) groups excluding carboxylic acids is 1. The van der Waals surface area contributed by atoms with Crippen molar-refractivity contribution < 1.29 is 9.18 Å². The van der Waals surface area contributed by atoms with Gasteiger partial charge >= 0.3 is 0 Å². The highest BCUT2D eigenvalue weighted by Gasteiger charge is 2.32. The van der Waals surface area contributed by atoms with E-state index in [9.17, 15) is 9.18 Å². The summed E-state index contributed by atoms with van der Waals surface area (Å²) in [5.74, 6) is -0.928. The molecule has 1 heterocycles. The summed E-state index contributed by atoms with van der Waals surface area (Å²) in [5, 5.41) is 9.38. The first-order chi connectivity index (χ1) is 8.95. The third-order valence-corrected chi connectivity index (χ3v) is 3.82. The normalized spacial score (nSPS) is 17.9. The second-order valence-corrected chi connectivity index (χ2v) is 5.53. The van der Waals surface area contributed by atoms with E-state index in [1.165, 1.54) is 18.2 Å². The second-order valence-electron chi connectivity index (χ2n) is 5.09. The van der Waals surface area contributed by atoms with Crippen molar-refractivity contribution in [3.05, 3.63) is 34.6 Å². The summed E-state index contributed by atoms with van der Waals surface area (Å²) in [6, 6.07) is 6.22. The third kappa shape index (κ3) is 2.87. The third-order valence-electron chi connectivity index (χ3n) is 3.58. The highest BCUT2D eigenvalue weighted by molar-refractivity contribution is 6.31. The Morgan fingerprint density at radius 3 is 2.68 bits per heavy atom. The molecule has 100 valence electrons. The van der Waals surface area contributed by atoms with Gasteiger partial charge in [-0.3, -0.25) is 4.79 Å². The molecule has 0 N–H and O–H groups in total. The molecule has 0 bridgehead atoms. The smallest absolute Gasteiger partial charge is 0.256 e. The Labute approximate surface area is 116 Å². The van der Waals surface area contributed by atoms with E-state index < -0.39 is 5.82 Å². The number of hydrogen-bond acceptors (Lipinski definition) is 2. The summed E-state index contributed by atoms with van der Waals surface area (Å²) < 4.78 is 13.6. The highest BCUT2D eigenvalue weighted by Crippen LogP contribution is 2.30. The Hall–Kier alpha value is -1.60. The van der Waals surface area contributed by atoms with Crippen molar-refractivity contribution in [3.8, 4) is 6.07 Å². The van der Waals surface area contributed by atoms with E-state index in [1.54, 1.807) is 4.90 Å². The highest BCUT2D eigenvalue weighted by atomic mass is 35.5. The van der Waals surface area contributed by atoms with Crippen molar-refractivity contribution in [1.29, 1.82) is 5.26 Å². The molecule has 1 aliphatic rings. The summed E-state index contributed by atoms with van der Waals surface area (Å²) in [6.07, 6.45) is 1.22. The van der Waals surface area contributed by atoms with Crippen LogP contribution in [-0.2, 0) is 0 Å². The van der Waals surface area contributed by atoms with Crippen molar-refractivity contribution in [2.24, 2.45) is 5.41 Å². The molecule has 0 aliphatic carbocycles. The van der Waals surface area contributed by atoms with Crippen LogP contribution < -0.4 is 0 Å². The SMILES string of the molecule is CC1(C#N)CCN(C(=O)c2cc(Cl)ccc2F)CC1. The molecule has 0 spiro atoms. The number of benzene rings is 1. The van der Waals surface area contributed by atoms with Crippen LogP contribution in [-0.4, -0.2) is 23.9 Å². The number of nitriles is 1. The average molecular weight is 281 g/mol. The van der Waals surface area contributed by atoms with Gasteiger partial charge in [0.1, 0.15) is 5.82 Å². The fraction of sp³-hybridized carbons (Fsp3) is 0.429. The number of amides is 1. The first-order valence-corrected chi connectivity index (χ1v) is 6.48. The van der Waals surface area contributed by atoms with Gasteiger partial charge in [-0.15, -0.1) is 0 Å². The summed E-state index contributed by atoms with van der Waals surface area (Å²) in [6.45, 7) is 2.82. The molecule has 0 aromatic heterocycles. The van der Waals surface area contributed by atoms with Gasteiger partial charge in [0.2, 0.25) is 0 Å². The lowest BCUT2D eigenvalue weighted by molar-refractivity contribution is 0.0657. The van der Waals surface area contributed by atoms with Crippen LogP contribution in [0.25, 0.3) is 0 Å². The molecule has 2 rings (SSSR count). The first kappa shape index (κ1) is 13.8. The molecule has 1 aromatic rings. The van der Waals surface area contributed by atoms with Crippen molar-refractivity contribution in [2.45, 2.75) is 19.8 Å². The number of carbonyl (C=O) groups is 1. The largest absolute Gasteiger partial charge is 0.338 e. The van der Waals surface area contributed by atoms with Gasteiger partial charge in [0, 0.05) is 18.1 Å². The van der Waals surface area contributed by atoms with Crippen LogP contribution in [0.3, 0.4) is 0 Å². The molecule has 19 heavy (non-hydrogen) atoms. The molecule has 1 saturated heterocycles. The van der Waals surface area contributed by atoms with E-state index in [2.05, 4.69) is 6.07 Å². The fourth-order valence-electron chi connectivity index (χ4n) is 2.15. The molecule has 0 saturated carbocycles.